The van der Waals surface area contributed by atoms with Gasteiger partial charge in [-0.3, -0.25) is 14.9 Å². The van der Waals surface area contributed by atoms with Crippen molar-refractivity contribution in [1.82, 2.24) is 10.3 Å². The van der Waals surface area contributed by atoms with E-state index in [1.54, 1.807) is 30.2 Å². The second-order valence-corrected chi connectivity index (χ2v) is 4.59. The summed E-state index contributed by atoms with van der Waals surface area (Å²) in [5.74, 6) is -0.0456. The van der Waals surface area contributed by atoms with Gasteiger partial charge in [0.05, 0.1) is 12.6 Å². The molecule has 0 saturated carbocycles. The number of nitrogens with zero attached hydrogens (tertiary/aromatic N) is 2. The van der Waals surface area contributed by atoms with Crippen LogP contribution in [0.1, 0.15) is 31.9 Å². The molecule has 2 N–H and O–H groups in total. The number of aliphatic hydroxyl groups is 1. The molecule has 0 aromatic carbocycles. The molecule has 2 heterocycles. The number of hydrogen-bond acceptors (Lipinski definition) is 5. The predicted octanol–water partition coefficient (Wildman–Crippen LogP) is 0.376. The number of piperazine rings is 1. The Kier molecular flexibility index (Phi) is 3.80. The maximum absolute atomic E-state index is 11.8. The Bertz CT molecular complexity index is 484. The number of carbonyl (C=O) groups excluding carboxylic acids is 2. The molecule has 2 atom stereocenters. The van der Waals surface area contributed by atoms with E-state index in [4.69, 9.17) is 0 Å². The number of rotatable bonds is 3. The number of nitrogens with one attached hydrogen (secondary N) is 1. The lowest BCUT2D eigenvalue weighted by atomic mass is 10.1. The number of anilines is 1. The van der Waals surface area contributed by atoms with Crippen molar-refractivity contribution in [2.75, 3.05) is 11.4 Å². The van der Waals surface area contributed by atoms with Crippen molar-refractivity contribution in [2.24, 2.45) is 0 Å². The van der Waals surface area contributed by atoms with Crippen LogP contribution in [-0.2, 0) is 9.59 Å². The third-order valence-electron chi connectivity index (χ3n) is 3.19. The van der Waals surface area contributed by atoms with Gasteiger partial charge in [-0.15, -0.1) is 0 Å². The molecule has 1 fully saturated rings. The minimum atomic E-state index is -0.588. The predicted molar refractivity (Wildman–Crippen MR) is 69.4 cm³/mol. The van der Waals surface area contributed by atoms with Gasteiger partial charge in [0.1, 0.15) is 11.9 Å². The van der Waals surface area contributed by atoms with Crippen LogP contribution in [0.25, 0.3) is 0 Å². The second-order valence-electron chi connectivity index (χ2n) is 4.59. The highest BCUT2D eigenvalue weighted by Crippen LogP contribution is 2.20. The fourth-order valence-corrected chi connectivity index (χ4v) is 2.13. The largest absolute Gasteiger partial charge is 0.389 e. The maximum atomic E-state index is 11.8. The SMILES string of the molecule is CCC1C(=O)NC(=O)CN1c1ccc([C@@H](C)O)cn1. The molecular weight excluding hydrogens is 246 g/mol. The highest BCUT2D eigenvalue weighted by atomic mass is 16.3. The van der Waals surface area contributed by atoms with Gasteiger partial charge in [-0.2, -0.15) is 0 Å². The first-order valence-corrected chi connectivity index (χ1v) is 6.27. The highest BCUT2D eigenvalue weighted by Gasteiger charge is 2.33. The average molecular weight is 263 g/mol. The smallest absolute Gasteiger partial charge is 0.249 e. The van der Waals surface area contributed by atoms with Crippen LogP contribution in [-0.4, -0.2) is 34.5 Å². The fourth-order valence-electron chi connectivity index (χ4n) is 2.13. The topological polar surface area (TPSA) is 82.5 Å². The number of hydrogen-bond donors (Lipinski definition) is 2. The van der Waals surface area contributed by atoms with E-state index in [2.05, 4.69) is 10.3 Å². The number of aromatic nitrogens is 1. The molecule has 1 aliphatic heterocycles. The molecule has 0 bridgehead atoms. The van der Waals surface area contributed by atoms with Gasteiger partial charge >= 0.3 is 0 Å². The van der Waals surface area contributed by atoms with E-state index in [-0.39, 0.29) is 24.4 Å². The molecule has 0 spiro atoms. The van der Waals surface area contributed by atoms with Crippen LogP contribution in [0.5, 0.6) is 0 Å². The number of aliphatic hydroxyl groups excluding tert-OH is 1. The zero-order chi connectivity index (χ0) is 14.0. The third-order valence-corrected chi connectivity index (χ3v) is 3.19. The second kappa shape index (κ2) is 5.36. The molecular formula is C13H17N3O3. The minimum absolute atomic E-state index is 0.116. The summed E-state index contributed by atoms with van der Waals surface area (Å²) in [4.78, 5) is 29.1. The number of pyridine rings is 1. The Morgan fingerprint density at radius 2 is 2.26 bits per heavy atom. The first kappa shape index (κ1) is 13.5. The molecule has 6 heteroatoms. The number of amides is 2. The van der Waals surface area contributed by atoms with Crippen molar-refractivity contribution in [3.63, 3.8) is 0 Å². The van der Waals surface area contributed by atoms with Crippen molar-refractivity contribution in [1.29, 1.82) is 0 Å². The van der Waals surface area contributed by atoms with Crippen LogP contribution >= 0.6 is 0 Å². The van der Waals surface area contributed by atoms with Crippen LogP contribution in [0.2, 0.25) is 0 Å². The minimum Gasteiger partial charge on any atom is -0.389 e. The van der Waals surface area contributed by atoms with E-state index in [1.165, 1.54) is 0 Å². The molecule has 6 nitrogen and oxygen atoms in total. The normalized spacial score (nSPS) is 21.2. The average Bonchev–Trinajstić information content (AvgIpc) is 2.38. The van der Waals surface area contributed by atoms with Gasteiger partial charge in [-0.25, -0.2) is 4.98 Å². The van der Waals surface area contributed by atoms with Gasteiger partial charge in [0.25, 0.3) is 0 Å². The molecule has 1 aromatic rings. The van der Waals surface area contributed by atoms with Crippen LogP contribution in [0.15, 0.2) is 18.3 Å². The molecule has 1 aromatic heterocycles. The summed E-state index contributed by atoms with van der Waals surface area (Å²) in [5, 5.41) is 11.8. The Morgan fingerprint density at radius 3 is 2.79 bits per heavy atom. The molecule has 1 aliphatic rings. The number of imide groups is 1. The summed E-state index contributed by atoms with van der Waals surface area (Å²) in [5.41, 5.74) is 0.699. The van der Waals surface area contributed by atoms with Crippen LogP contribution in [0.3, 0.4) is 0 Å². The summed E-state index contributed by atoms with van der Waals surface area (Å²) < 4.78 is 0. The van der Waals surface area contributed by atoms with Gasteiger partial charge in [0, 0.05) is 6.20 Å². The Morgan fingerprint density at radius 1 is 1.53 bits per heavy atom. The molecule has 2 amide bonds. The number of carbonyl (C=O) groups is 2. The maximum Gasteiger partial charge on any atom is 0.249 e. The standard InChI is InChI=1S/C13H17N3O3/c1-3-10-13(19)15-12(18)7-16(10)11-5-4-9(6-14-11)8(2)17/h4-6,8,10,17H,3,7H2,1-2H3,(H,15,18,19)/t8-,10?/m1/s1. The van der Waals surface area contributed by atoms with Gasteiger partial charge in [-0.1, -0.05) is 13.0 Å². The van der Waals surface area contributed by atoms with E-state index in [0.717, 1.165) is 0 Å². The van der Waals surface area contributed by atoms with Crippen LogP contribution in [0.4, 0.5) is 5.82 Å². The van der Waals surface area contributed by atoms with E-state index in [9.17, 15) is 14.7 Å². The Hall–Kier alpha value is -1.95. The zero-order valence-corrected chi connectivity index (χ0v) is 11.0. The summed E-state index contributed by atoms with van der Waals surface area (Å²) in [6.07, 6.45) is 1.57. The molecule has 19 heavy (non-hydrogen) atoms. The summed E-state index contributed by atoms with van der Waals surface area (Å²) in [7, 11) is 0. The van der Waals surface area contributed by atoms with Crippen molar-refractivity contribution >= 4 is 17.6 Å². The lowest BCUT2D eigenvalue weighted by Crippen LogP contribution is -2.58. The summed E-state index contributed by atoms with van der Waals surface area (Å²) >= 11 is 0. The van der Waals surface area contributed by atoms with Crippen molar-refractivity contribution < 1.29 is 14.7 Å². The fraction of sp³-hybridized carbons (Fsp3) is 0.462. The quantitative estimate of drug-likeness (QED) is 0.770. The molecule has 1 unspecified atom stereocenters. The molecule has 0 aliphatic carbocycles. The Labute approximate surface area is 111 Å². The summed E-state index contributed by atoms with van der Waals surface area (Å²) in [6, 6.07) is 3.08. The van der Waals surface area contributed by atoms with E-state index >= 15 is 0 Å². The monoisotopic (exact) mass is 263 g/mol. The molecule has 1 saturated heterocycles. The summed E-state index contributed by atoms with van der Waals surface area (Å²) in [6.45, 7) is 3.66. The van der Waals surface area contributed by atoms with Crippen molar-refractivity contribution in [2.45, 2.75) is 32.4 Å². The van der Waals surface area contributed by atoms with Gasteiger partial charge < -0.3 is 10.0 Å². The van der Waals surface area contributed by atoms with Crippen molar-refractivity contribution in [3.8, 4) is 0 Å². The van der Waals surface area contributed by atoms with Gasteiger partial charge in [0.2, 0.25) is 11.8 Å². The molecule has 0 radical (unpaired) electrons. The third kappa shape index (κ3) is 2.73. The van der Waals surface area contributed by atoms with E-state index < -0.39 is 6.10 Å². The molecule has 102 valence electrons. The highest BCUT2D eigenvalue weighted by molar-refractivity contribution is 6.04. The van der Waals surface area contributed by atoms with Crippen LogP contribution in [0, 0.1) is 0 Å². The van der Waals surface area contributed by atoms with Gasteiger partial charge in [-0.05, 0) is 25.0 Å². The van der Waals surface area contributed by atoms with E-state index in [0.29, 0.717) is 17.8 Å². The first-order valence-electron chi connectivity index (χ1n) is 6.27. The zero-order valence-electron chi connectivity index (χ0n) is 11.0. The Balaban J connectivity index is 2.27. The lowest BCUT2D eigenvalue weighted by Gasteiger charge is -2.34. The van der Waals surface area contributed by atoms with Crippen molar-refractivity contribution in [3.05, 3.63) is 23.9 Å². The van der Waals surface area contributed by atoms with Crippen LogP contribution < -0.4 is 10.2 Å². The first-order chi connectivity index (χ1) is 9.02. The molecule has 2 rings (SSSR count). The lowest BCUT2D eigenvalue weighted by molar-refractivity contribution is -0.132. The van der Waals surface area contributed by atoms with E-state index in [1.807, 2.05) is 6.92 Å². The van der Waals surface area contributed by atoms with Gasteiger partial charge in [0.15, 0.2) is 0 Å².